The molecule has 3 rings (SSSR count). The normalized spacial score (nSPS) is 27.6. The van der Waals surface area contributed by atoms with Crippen LogP contribution in [0.5, 0.6) is 0 Å². The van der Waals surface area contributed by atoms with Crippen LogP contribution in [0.25, 0.3) is 5.65 Å². The van der Waals surface area contributed by atoms with E-state index in [0.29, 0.717) is 17.0 Å². The summed E-state index contributed by atoms with van der Waals surface area (Å²) in [5.74, 6) is 2.29. The Kier molecular flexibility index (Phi) is 3.35. The SMILES string of the molecule is CC1CCC(Nc2nc3ccc(Cl)cn3n2)CC1C. The first-order valence-electron chi connectivity index (χ1n) is 6.90. The van der Waals surface area contributed by atoms with E-state index in [-0.39, 0.29) is 0 Å². The van der Waals surface area contributed by atoms with Gasteiger partial charge in [-0.15, -0.1) is 5.10 Å². The third-order valence-corrected chi connectivity index (χ3v) is 4.45. The van der Waals surface area contributed by atoms with E-state index in [2.05, 4.69) is 29.2 Å². The summed E-state index contributed by atoms with van der Waals surface area (Å²) in [6, 6.07) is 4.20. The molecule has 4 nitrogen and oxygen atoms in total. The van der Waals surface area contributed by atoms with Crippen molar-refractivity contribution >= 4 is 23.2 Å². The minimum atomic E-state index is 0.485. The minimum absolute atomic E-state index is 0.485. The fourth-order valence-corrected chi connectivity index (χ4v) is 2.94. The highest BCUT2D eigenvalue weighted by molar-refractivity contribution is 6.30. The van der Waals surface area contributed by atoms with Crippen LogP contribution < -0.4 is 5.32 Å². The molecule has 5 heteroatoms. The minimum Gasteiger partial charge on any atom is -0.350 e. The molecule has 0 saturated heterocycles. The van der Waals surface area contributed by atoms with Crippen molar-refractivity contribution in [3.05, 3.63) is 23.4 Å². The monoisotopic (exact) mass is 278 g/mol. The van der Waals surface area contributed by atoms with Crippen LogP contribution >= 0.6 is 11.6 Å². The van der Waals surface area contributed by atoms with Gasteiger partial charge in [-0.25, -0.2) is 4.52 Å². The molecule has 1 aliphatic rings. The van der Waals surface area contributed by atoms with Gasteiger partial charge in [-0.1, -0.05) is 25.4 Å². The van der Waals surface area contributed by atoms with Gasteiger partial charge in [0.15, 0.2) is 5.65 Å². The summed E-state index contributed by atoms with van der Waals surface area (Å²) in [4.78, 5) is 4.47. The molecule has 102 valence electrons. The summed E-state index contributed by atoms with van der Waals surface area (Å²) in [6.07, 6.45) is 5.44. The predicted molar refractivity (Wildman–Crippen MR) is 77.6 cm³/mol. The van der Waals surface area contributed by atoms with Crippen LogP contribution in [0.4, 0.5) is 5.95 Å². The summed E-state index contributed by atoms with van der Waals surface area (Å²) in [5.41, 5.74) is 0.823. The number of nitrogens with zero attached hydrogens (tertiary/aromatic N) is 3. The van der Waals surface area contributed by atoms with Crippen LogP contribution in [0.2, 0.25) is 5.02 Å². The Morgan fingerprint density at radius 1 is 1.26 bits per heavy atom. The average molecular weight is 279 g/mol. The zero-order chi connectivity index (χ0) is 13.4. The second-order valence-corrected chi connectivity index (χ2v) is 6.13. The molecule has 0 radical (unpaired) electrons. The molecule has 1 saturated carbocycles. The molecular formula is C14H19ClN4. The molecule has 2 aromatic rings. The smallest absolute Gasteiger partial charge is 0.243 e. The summed E-state index contributed by atoms with van der Waals surface area (Å²) in [7, 11) is 0. The Morgan fingerprint density at radius 3 is 2.89 bits per heavy atom. The topological polar surface area (TPSA) is 42.2 Å². The first-order chi connectivity index (χ1) is 9.11. The number of nitrogens with one attached hydrogen (secondary N) is 1. The zero-order valence-corrected chi connectivity index (χ0v) is 12.1. The molecule has 1 aliphatic carbocycles. The highest BCUT2D eigenvalue weighted by atomic mass is 35.5. The lowest BCUT2D eigenvalue weighted by molar-refractivity contribution is 0.260. The van der Waals surface area contributed by atoms with Crippen LogP contribution in [0, 0.1) is 11.8 Å². The van der Waals surface area contributed by atoms with Crippen LogP contribution in [0.1, 0.15) is 33.1 Å². The van der Waals surface area contributed by atoms with Gasteiger partial charge in [0.25, 0.3) is 0 Å². The molecule has 3 unspecified atom stereocenters. The van der Waals surface area contributed by atoms with Crippen LogP contribution in [0.3, 0.4) is 0 Å². The van der Waals surface area contributed by atoms with Crippen molar-refractivity contribution in [1.82, 2.24) is 14.6 Å². The summed E-state index contributed by atoms with van der Waals surface area (Å²) < 4.78 is 1.72. The Balaban J connectivity index is 1.74. The van der Waals surface area contributed by atoms with E-state index < -0.39 is 0 Å². The van der Waals surface area contributed by atoms with Gasteiger partial charge in [0, 0.05) is 12.2 Å². The molecule has 2 aromatic heterocycles. The standard InChI is InChI=1S/C14H19ClN4/c1-9-3-5-12(7-10(9)2)16-14-17-13-6-4-11(15)8-19(13)18-14/h4,6,8-10,12H,3,5,7H2,1-2H3,(H,16,18). The van der Waals surface area contributed by atoms with Gasteiger partial charge in [0.2, 0.25) is 5.95 Å². The Bertz CT molecular complexity index is 580. The van der Waals surface area contributed by atoms with Gasteiger partial charge < -0.3 is 5.32 Å². The molecule has 1 fully saturated rings. The molecule has 1 N–H and O–H groups in total. The Hall–Kier alpha value is -1.29. The molecule has 0 bridgehead atoms. The lowest BCUT2D eigenvalue weighted by Crippen LogP contribution is -2.30. The van der Waals surface area contributed by atoms with E-state index in [1.807, 2.05) is 12.1 Å². The quantitative estimate of drug-likeness (QED) is 0.912. The lowest BCUT2D eigenvalue weighted by Gasteiger charge is -2.32. The van der Waals surface area contributed by atoms with E-state index in [0.717, 1.165) is 17.5 Å². The molecule has 19 heavy (non-hydrogen) atoms. The molecule has 2 heterocycles. The van der Waals surface area contributed by atoms with Crippen molar-refractivity contribution in [2.45, 2.75) is 39.2 Å². The number of fused-ring (bicyclic) bond motifs is 1. The summed E-state index contributed by atoms with van der Waals surface area (Å²) in [5, 5.41) is 8.55. The molecular weight excluding hydrogens is 260 g/mol. The molecule has 3 atom stereocenters. The van der Waals surface area contributed by atoms with Crippen LogP contribution in [-0.4, -0.2) is 20.6 Å². The highest BCUT2D eigenvalue weighted by Gasteiger charge is 2.25. The van der Waals surface area contributed by atoms with E-state index in [4.69, 9.17) is 11.6 Å². The van der Waals surface area contributed by atoms with Crippen molar-refractivity contribution < 1.29 is 0 Å². The first-order valence-corrected chi connectivity index (χ1v) is 7.28. The van der Waals surface area contributed by atoms with Crippen LogP contribution in [0.15, 0.2) is 18.3 Å². The number of hydrogen-bond donors (Lipinski definition) is 1. The van der Waals surface area contributed by atoms with Crippen molar-refractivity contribution in [2.24, 2.45) is 11.8 Å². The van der Waals surface area contributed by atoms with Gasteiger partial charge in [-0.3, -0.25) is 0 Å². The van der Waals surface area contributed by atoms with Gasteiger partial charge in [-0.05, 0) is 43.2 Å². The Morgan fingerprint density at radius 2 is 2.11 bits per heavy atom. The van der Waals surface area contributed by atoms with Crippen molar-refractivity contribution in [1.29, 1.82) is 0 Å². The number of anilines is 1. The van der Waals surface area contributed by atoms with Gasteiger partial charge in [0.1, 0.15) is 0 Å². The van der Waals surface area contributed by atoms with Crippen molar-refractivity contribution in [3.8, 4) is 0 Å². The van der Waals surface area contributed by atoms with Crippen LogP contribution in [-0.2, 0) is 0 Å². The first kappa shape index (κ1) is 12.7. The average Bonchev–Trinajstić information content (AvgIpc) is 2.75. The zero-order valence-electron chi connectivity index (χ0n) is 11.3. The summed E-state index contributed by atoms with van der Waals surface area (Å²) in [6.45, 7) is 4.67. The Labute approximate surface area is 118 Å². The van der Waals surface area contributed by atoms with Gasteiger partial charge in [-0.2, -0.15) is 4.98 Å². The van der Waals surface area contributed by atoms with E-state index in [1.165, 1.54) is 19.3 Å². The molecule has 0 spiro atoms. The maximum Gasteiger partial charge on any atom is 0.243 e. The second kappa shape index (κ2) is 5.00. The maximum absolute atomic E-state index is 5.95. The fourth-order valence-electron chi connectivity index (χ4n) is 2.78. The van der Waals surface area contributed by atoms with Gasteiger partial charge in [0.05, 0.1) is 5.02 Å². The number of halogens is 1. The van der Waals surface area contributed by atoms with E-state index in [1.54, 1.807) is 10.7 Å². The van der Waals surface area contributed by atoms with E-state index >= 15 is 0 Å². The molecule has 0 aliphatic heterocycles. The van der Waals surface area contributed by atoms with Crippen molar-refractivity contribution in [3.63, 3.8) is 0 Å². The third kappa shape index (κ3) is 2.68. The number of pyridine rings is 1. The maximum atomic E-state index is 5.95. The summed E-state index contributed by atoms with van der Waals surface area (Å²) >= 11 is 5.95. The number of rotatable bonds is 2. The highest BCUT2D eigenvalue weighted by Crippen LogP contribution is 2.30. The van der Waals surface area contributed by atoms with E-state index in [9.17, 15) is 0 Å². The van der Waals surface area contributed by atoms with Gasteiger partial charge >= 0.3 is 0 Å². The largest absolute Gasteiger partial charge is 0.350 e. The fraction of sp³-hybridized carbons (Fsp3) is 0.571. The lowest BCUT2D eigenvalue weighted by atomic mass is 9.79. The predicted octanol–water partition coefficient (Wildman–Crippen LogP) is 3.62. The second-order valence-electron chi connectivity index (χ2n) is 5.69. The molecule has 0 aromatic carbocycles. The van der Waals surface area contributed by atoms with Crippen molar-refractivity contribution in [2.75, 3.05) is 5.32 Å². The number of aromatic nitrogens is 3. The molecule has 0 amide bonds. The third-order valence-electron chi connectivity index (χ3n) is 4.23. The number of hydrogen-bond acceptors (Lipinski definition) is 3.